The molecule has 13 nitrogen and oxygen atoms in total. The van der Waals surface area contributed by atoms with Crippen LogP contribution in [-0.4, -0.2) is 65.3 Å². The lowest BCUT2D eigenvalue weighted by Gasteiger charge is -2.45. The van der Waals surface area contributed by atoms with Crippen molar-refractivity contribution in [2.45, 2.75) is 72.2 Å². The molecule has 1 saturated heterocycles. The van der Waals surface area contributed by atoms with Crippen LogP contribution >= 0.6 is 12.2 Å². The number of hydrogen-bond donors (Lipinski definition) is 0. The number of nitrogens with zero attached hydrogens (tertiary/aromatic N) is 2. The molecule has 41 heavy (non-hydrogen) atoms. The zero-order valence-corrected chi connectivity index (χ0v) is 23.9. The molecule has 0 unspecified atom stereocenters. The van der Waals surface area contributed by atoms with Gasteiger partial charge in [0.2, 0.25) is 0 Å². The van der Waals surface area contributed by atoms with Crippen molar-refractivity contribution in [3.05, 3.63) is 39.9 Å². The molecule has 0 radical (unpaired) electrons. The van der Waals surface area contributed by atoms with E-state index >= 15 is 0 Å². The van der Waals surface area contributed by atoms with E-state index < -0.39 is 66.9 Å². The molecule has 0 bridgehead atoms. The van der Waals surface area contributed by atoms with Gasteiger partial charge in [-0.15, -0.1) is 0 Å². The number of pyridine rings is 1. The first-order valence-electron chi connectivity index (χ1n) is 12.3. The summed E-state index contributed by atoms with van der Waals surface area (Å²) in [6, 6.07) is 5.16. The van der Waals surface area contributed by atoms with Gasteiger partial charge in [-0.05, 0) is 26.0 Å². The monoisotopic (exact) mass is 588 g/mol. The standard InChI is InChI=1S/C27H28N2O11S/c1-12-21(13(2)30)22(19-8-7-9-35-19)18(10-28)27(41)29(12)26-25(39-17(6)34)24(38-16(5)33)23(37-15(4)32)20(40-26)11-36-14(3)31/h7-9,20,23-26H,11H2,1-6H3/t20-,23+,24+,25-,26+/m0/s1. The van der Waals surface area contributed by atoms with Crippen LogP contribution in [0, 0.1) is 22.9 Å². The Morgan fingerprint density at radius 1 is 0.951 bits per heavy atom. The third-order valence-electron chi connectivity index (χ3n) is 6.11. The summed E-state index contributed by atoms with van der Waals surface area (Å²) in [6.07, 6.45) is -5.70. The summed E-state index contributed by atoms with van der Waals surface area (Å²) in [6.45, 7) is 6.81. The zero-order chi connectivity index (χ0) is 30.6. The van der Waals surface area contributed by atoms with E-state index in [0.717, 1.165) is 27.7 Å². The summed E-state index contributed by atoms with van der Waals surface area (Å²) in [4.78, 5) is 61.1. The summed E-state index contributed by atoms with van der Waals surface area (Å²) in [5.74, 6) is -3.32. The van der Waals surface area contributed by atoms with Crippen LogP contribution in [0.1, 0.15) is 62.5 Å². The number of esters is 4. The number of furan rings is 1. The minimum Gasteiger partial charge on any atom is -0.464 e. The number of hydrogen-bond acceptors (Lipinski definition) is 13. The smallest absolute Gasteiger partial charge is 0.303 e. The molecular weight excluding hydrogens is 560 g/mol. The molecule has 0 aliphatic carbocycles. The van der Waals surface area contributed by atoms with E-state index in [4.69, 9.17) is 40.3 Å². The van der Waals surface area contributed by atoms with Gasteiger partial charge in [0.25, 0.3) is 0 Å². The fraction of sp³-hybridized carbons (Fsp3) is 0.444. The summed E-state index contributed by atoms with van der Waals surface area (Å²) in [5, 5.41) is 10.1. The number of aromatic nitrogens is 1. The van der Waals surface area contributed by atoms with Gasteiger partial charge in [0, 0.05) is 39.0 Å². The van der Waals surface area contributed by atoms with Gasteiger partial charge in [-0.25, -0.2) is 0 Å². The van der Waals surface area contributed by atoms with Crippen molar-refractivity contribution in [3.63, 3.8) is 0 Å². The minimum atomic E-state index is -1.50. The SMILES string of the molecule is CC(=O)OC[C@@H]1O[C@@H](n2c(C)c(C(C)=O)c(-c3ccco3)c(C#N)c2=S)[C@@H](OC(C)=O)[C@H](OC(C)=O)[C@@H]1OC(C)=O. The molecule has 218 valence electrons. The second kappa shape index (κ2) is 12.9. The Labute approximate surface area is 239 Å². The maximum Gasteiger partial charge on any atom is 0.303 e. The first kappa shape index (κ1) is 31.2. The third kappa shape index (κ3) is 6.69. The lowest BCUT2D eigenvalue weighted by atomic mass is 9.94. The third-order valence-corrected chi connectivity index (χ3v) is 6.51. The van der Waals surface area contributed by atoms with Crippen LogP contribution < -0.4 is 0 Å². The maximum atomic E-state index is 13.0. The Balaban J connectivity index is 2.37. The normalized spacial score (nSPS) is 21.7. The fourth-order valence-electron chi connectivity index (χ4n) is 4.73. The first-order valence-corrected chi connectivity index (χ1v) is 12.7. The summed E-state index contributed by atoms with van der Waals surface area (Å²) in [5.41, 5.74) is 0.319. The quantitative estimate of drug-likeness (QED) is 0.191. The van der Waals surface area contributed by atoms with E-state index in [9.17, 15) is 29.2 Å². The van der Waals surface area contributed by atoms with Crippen molar-refractivity contribution in [1.29, 1.82) is 5.26 Å². The average molecular weight is 589 g/mol. The van der Waals surface area contributed by atoms with Crippen molar-refractivity contribution >= 4 is 41.9 Å². The highest BCUT2D eigenvalue weighted by Gasteiger charge is 2.53. The highest BCUT2D eigenvalue weighted by atomic mass is 32.1. The fourth-order valence-corrected chi connectivity index (χ4v) is 5.12. The molecule has 2 aromatic heterocycles. The van der Waals surface area contributed by atoms with Crippen LogP contribution in [-0.2, 0) is 42.9 Å². The van der Waals surface area contributed by atoms with Crippen molar-refractivity contribution < 1.29 is 52.1 Å². The number of rotatable bonds is 8. The Kier molecular flexibility index (Phi) is 9.79. The molecule has 0 spiro atoms. The molecule has 1 aliphatic rings. The highest BCUT2D eigenvalue weighted by Crippen LogP contribution is 2.39. The molecule has 5 atom stereocenters. The summed E-state index contributed by atoms with van der Waals surface area (Å²) < 4.78 is 34.4. The Morgan fingerprint density at radius 2 is 1.54 bits per heavy atom. The largest absolute Gasteiger partial charge is 0.464 e. The molecule has 0 amide bonds. The van der Waals surface area contributed by atoms with E-state index in [-0.39, 0.29) is 32.8 Å². The van der Waals surface area contributed by atoms with Gasteiger partial charge in [-0.3, -0.25) is 24.0 Å². The van der Waals surface area contributed by atoms with Crippen LogP contribution in [0.4, 0.5) is 0 Å². The predicted octanol–water partition coefficient (Wildman–Crippen LogP) is 3.12. The van der Waals surface area contributed by atoms with Gasteiger partial charge >= 0.3 is 23.9 Å². The lowest BCUT2D eigenvalue weighted by Crippen LogP contribution is -2.60. The number of ether oxygens (including phenoxy) is 5. The second-order valence-corrected chi connectivity index (χ2v) is 9.51. The zero-order valence-electron chi connectivity index (χ0n) is 23.1. The van der Waals surface area contributed by atoms with Crippen LogP contribution in [0.25, 0.3) is 11.3 Å². The number of ketones is 1. The summed E-state index contributed by atoms with van der Waals surface area (Å²) >= 11 is 5.69. The van der Waals surface area contributed by atoms with E-state index in [0.29, 0.717) is 0 Å². The number of Topliss-reactive ketones (excluding diaryl/α,β-unsaturated/α-hetero) is 1. The molecule has 0 aromatic carbocycles. The van der Waals surface area contributed by atoms with Gasteiger partial charge in [-0.2, -0.15) is 5.26 Å². The Morgan fingerprint density at radius 3 is 2.02 bits per heavy atom. The van der Waals surface area contributed by atoms with Gasteiger partial charge in [0.15, 0.2) is 30.3 Å². The molecule has 14 heteroatoms. The van der Waals surface area contributed by atoms with E-state index in [2.05, 4.69) is 0 Å². The maximum absolute atomic E-state index is 13.0. The second-order valence-electron chi connectivity index (χ2n) is 9.12. The number of nitriles is 1. The molecule has 0 N–H and O–H groups in total. The molecule has 1 fully saturated rings. The highest BCUT2D eigenvalue weighted by molar-refractivity contribution is 7.71. The van der Waals surface area contributed by atoms with Crippen LogP contribution in [0.3, 0.4) is 0 Å². The first-order chi connectivity index (χ1) is 19.3. The van der Waals surface area contributed by atoms with Crippen molar-refractivity contribution in [2.24, 2.45) is 0 Å². The van der Waals surface area contributed by atoms with E-state index in [1.807, 2.05) is 6.07 Å². The van der Waals surface area contributed by atoms with E-state index in [1.54, 1.807) is 12.1 Å². The molecule has 1 aliphatic heterocycles. The van der Waals surface area contributed by atoms with Crippen LogP contribution in [0.5, 0.6) is 0 Å². The number of carbonyl (C=O) groups is 5. The lowest BCUT2D eigenvalue weighted by molar-refractivity contribution is -0.269. The predicted molar refractivity (Wildman–Crippen MR) is 140 cm³/mol. The van der Waals surface area contributed by atoms with Crippen LogP contribution in [0.2, 0.25) is 0 Å². The molecular formula is C27H28N2O11S. The topological polar surface area (TPSA) is 173 Å². The molecule has 3 heterocycles. The van der Waals surface area contributed by atoms with Gasteiger partial charge < -0.3 is 32.7 Å². The minimum absolute atomic E-state index is 0.0676. The average Bonchev–Trinajstić information content (AvgIpc) is 3.39. The van der Waals surface area contributed by atoms with Gasteiger partial charge in [0.1, 0.15) is 29.2 Å². The molecule has 3 rings (SSSR count). The van der Waals surface area contributed by atoms with E-state index in [1.165, 1.54) is 24.7 Å². The summed E-state index contributed by atoms with van der Waals surface area (Å²) in [7, 11) is 0. The molecule has 2 aromatic rings. The molecule has 0 saturated carbocycles. The van der Waals surface area contributed by atoms with Crippen molar-refractivity contribution in [2.75, 3.05) is 6.61 Å². The van der Waals surface area contributed by atoms with Crippen LogP contribution in [0.15, 0.2) is 22.8 Å². The Hall–Kier alpha value is -4.35. The van der Waals surface area contributed by atoms with Gasteiger partial charge in [-0.1, -0.05) is 12.2 Å². The van der Waals surface area contributed by atoms with Crippen molar-refractivity contribution in [1.82, 2.24) is 4.57 Å². The Bertz CT molecular complexity index is 1470. The van der Waals surface area contributed by atoms with Crippen molar-refractivity contribution in [3.8, 4) is 17.4 Å². The number of carbonyl (C=O) groups excluding carboxylic acids is 5. The van der Waals surface area contributed by atoms with Gasteiger partial charge in [0.05, 0.1) is 17.4 Å².